The van der Waals surface area contributed by atoms with E-state index in [9.17, 15) is 0 Å². The van der Waals surface area contributed by atoms with Gasteiger partial charge in [-0.05, 0) is 12.1 Å². The molecule has 4 rings (SSSR count). The van der Waals surface area contributed by atoms with Crippen molar-refractivity contribution in [3.63, 3.8) is 0 Å². The zero-order chi connectivity index (χ0) is 12.1. The maximum Gasteiger partial charge on any atom is 0.139 e. The summed E-state index contributed by atoms with van der Waals surface area (Å²) in [6.07, 6.45) is 0. The van der Waals surface area contributed by atoms with E-state index in [0.717, 1.165) is 10.9 Å². The van der Waals surface area contributed by atoms with Crippen molar-refractivity contribution in [2.24, 2.45) is 0 Å². The number of thiophene rings is 1. The van der Waals surface area contributed by atoms with Crippen LogP contribution < -0.4 is 0 Å². The van der Waals surface area contributed by atoms with Crippen molar-refractivity contribution in [2.75, 3.05) is 0 Å². The second kappa shape index (κ2) is 3.67. The molecule has 0 radical (unpaired) electrons. The zero-order valence-electron chi connectivity index (χ0n) is 9.35. The topological polar surface area (TPSA) is 12.9 Å². The Hall–Kier alpha value is -1.64. The summed E-state index contributed by atoms with van der Waals surface area (Å²) in [4.78, 5) is 4.50. The molecule has 0 spiro atoms. The molecule has 0 fully saturated rings. The van der Waals surface area contributed by atoms with Crippen LogP contribution in [0.2, 0.25) is 5.15 Å². The van der Waals surface area contributed by atoms with Crippen molar-refractivity contribution in [3.8, 4) is 0 Å². The van der Waals surface area contributed by atoms with Crippen LogP contribution in [0.15, 0.2) is 48.5 Å². The molecule has 86 valence electrons. The monoisotopic (exact) mass is 269 g/mol. The minimum atomic E-state index is 0.598. The molecule has 0 amide bonds. The van der Waals surface area contributed by atoms with Gasteiger partial charge in [0.05, 0.1) is 5.52 Å². The van der Waals surface area contributed by atoms with E-state index in [4.69, 9.17) is 11.6 Å². The van der Waals surface area contributed by atoms with Gasteiger partial charge < -0.3 is 0 Å². The maximum absolute atomic E-state index is 6.35. The van der Waals surface area contributed by atoms with Gasteiger partial charge in [0.25, 0.3) is 0 Å². The Morgan fingerprint density at radius 1 is 0.889 bits per heavy atom. The smallest absolute Gasteiger partial charge is 0.139 e. The molecule has 2 heterocycles. The summed E-state index contributed by atoms with van der Waals surface area (Å²) >= 11 is 8.13. The first kappa shape index (κ1) is 10.3. The molecular formula is C15H8ClNS. The molecule has 0 aliphatic carbocycles. The first-order valence-corrected chi connectivity index (χ1v) is 6.89. The summed E-state index contributed by atoms with van der Waals surface area (Å²) in [5, 5.41) is 4.05. The summed E-state index contributed by atoms with van der Waals surface area (Å²) in [6, 6.07) is 16.5. The van der Waals surface area contributed by atoms with Crippen molar-refractivity contribution < 1.29 is 0 Å². The van der Waals surface area contributed by atoms with E-state index in [1.165, 1.54) is 20.2 Å². The molecule has 1 nitrogen and oxygen atoms in total. The second-order valence-corrected chi connectivity index (χ2v) is 5.63. The lowest BCUT2D eigenvalue weighted by atomic mass is 10.1. The lowest BCUT2D eigenvalue weighted by Gasteiger charge is -2.00. The maximum atomic E-state index is 6.35. The van der Waals surface area contributed by atoms with Gasteiger partial charge in [0.15, 0.2) is 0 Å². The Kier molecular flexibility index (Phi) is 2.10. The van der Waals surface area contributed by atoms with Crippen LogP contribution in [0.25, 0.3) is 31.1 Å². The van der Waals surface area contributed by atoms with Crippen LogP contribution in [0, 0.1) is 0 Å². The van der Waals surface area contributed by atoms with Crippen molar-refractivity contribution in [2.45, 2.75) is 0 Å². The number of hydrogen-bond donors (Lipinski definition) is 0. The Morgan fingerprint density at radius 2 is 1.61 bits per heavy atom. The molecule has 0 atom stereocenters. The summed E-state index contributed by atoms with van der Waals surface area (Å²) in [5.74, 6) is 0. The first-order valence-electron chi connectivity index (χ1n) is 5.70. The van der Waals surface area contributed by atoms with Crippen LogP contribution in [0.1, 0.15) is 0 Å². The quantitative estimate of drug-likeness (QED) is 0.397. The molecule has 2 aromatic heterocycles. The van der Waals surface area contributed by atoms with Gasteiger partial charge in [-0.2, -0.15) is 0 Å². The lowest BCUT2D eigenvalue weighted by Crippen LogP contribution is -1.80. The fourth-order valence-electron chi connectivity index (χ4n) is 2.36. The van der Waals surface area contributed by atoms with Crippen molar-refractivity contribution >= 4 is 54.0 Å². The Labute approximate surface area is 113 Å². The molecule has 0 bridgehead atoms. The highest BCUT2D eigenvalue weighted by molar-refractivity contribution is 7.26. The van der Waals surface area contributed by atoms with E-state index in [1.54, 1.807) is 11.3 Å². The van der Waals surface area contributed by atoms with Gasteiger partial charge in [0.2, 0.25) is 0 Å². The number of halogens is 1. The van der Waals surface area contributed by atoms with Crippen molar-refractivity contribution in [3.05, 3.63) is 53.7 Å². The summed E-state index contributed by atoms with van der Waals surface area (Å²) in [5.41, 5.74) is 0.960. The molecule has 0 aliphatic heterocycles. The van der Waals surface area contributed by atoms with Gasteiger partial charge in [0, 0.05) is 25.6 Å². The third-order valence-electron chi connectivity index (χ3n) is 3.17. The Balaban J connectivity index is 2.38. The summed E-state index contributed by atoms with van der Waals surface area (Å²) in [6.45, 7) is 0. The zero-order valence-corrected chi connectivity index (χ0v) is 10.9. The highest BCUT2D eigenvalue weighted by Crippen LogP contribution is 2.40. The van der Waals surface area contributed by atoms with E-state index in [2.05, 4.69) is 29.2 Å². The average molecular weight is 270 g/mol. The fraction of sp³-hybridized carbons (Fsp3) is 0. The SMILES string of the molecule is Clc1nc2ccccc2c2sc3ccccc3c12. The number of fused-ring (bicyclic) bond motifs is 5. The standard InChI is InChI=1S/C15H8ClNS/c16-15-13-10-6-2-4-8-12(10)18-14(13)9-5-1-3-7-11(9)17-15/h1-8H. The van der Waals surface area contributed by atoms with E-state index in [-0.39, 0.29) is 0 Å². The molecule has 18 heavy (non-hydrogen) atoms. The highest BCUT2D eigenvalue weighted by atomic mass is 35.5. The summed E-state index contributed by atoms with van der Waals surface area (Å²) < 4.78 is 2.49. The van der Waals surface area contributed by atoms with Gasteiger partial charge >= 0.3 is 0 Å². The van der Waals surface area contributed by atoms with Crippen LogP contribution in [0.5, 0.6) is 0 Å². The predicted octanol–water partition coefficient (Wildman–Crippen LogP) is 5.26. The number of aromatic nitrogens is 1. The molecule has 0 aliphatic rings. The largest absolute Gasteiger partial charge is 0.235 e. The van der Waals surface area contributed by atoms with Crippen LogP contribution in [0.3, 0.4) is 0 Å². The average Bonchev–Trinajstić information content (AvgIpc) is 2.79. The predicted molar refractivity (Wildman–Crippen MR) is 79.6 cm³/mol. The highest BCUT2D eigenvalue weighted by Gasteiger charge is 2.12. The summed E-state index contributed by atoms with van der Waals surface area (Å²) in [7, 11) is 0. The van der Waals surface area contributed by atoms with Crippen LogP contribution in [0.4, 0.5) is 0 Å². The van der Waals surface area contributed by atoms with Crippen molar-refractivity contribution in [1.29, 1.82) is 0 Å². The van der Waals surface area contributed by atoms with Crippen LogP contribution in [-0.2, 0) is 0 Å². The molecule has 2 aromatic carbocycles. The number of pyridine rings is 1. The number of nitrogens with zero attached hydrogens (tertiary/aromatic N) is 1. The molecule has 0 N–H and O–H groups in total. The molecule has 0 saturated heterocycles. The van der Waals surface area contributed by atoms with Gasteiger partial charge in [-0.1, -0.05) is 48.0 Å². The normalized spacial score (nSPS) is 11.6. The van der Waals surface area contributed by atoms with E-state index in [0.29, 0.717) is 5.15 Å². The number of para-hydroxylation sites is 1. The number of hydrogen-bond acceptors (Lipinski definition) is 2. The fourth-order valence-corrected chi connectivity index (χ4v) is 3.95. The van der Waals surface area contributed by atoms with Gasteiger partial charge in [-0.15, -0.1) is 11.3 Å². The van der Waals surface area contributed by atoms with Gasteiger partial charge in [-0.25, -0.2) is 4.98 Å². The molecule has 0 saturated carbocycles. The molecule has 4 aromatic rings. The number of benzene rings is 2. The Bertz CT molecular complexity index is 895. The van der Waals surface area contributed by atoms with Crippen LogP contribution in [-0.4, -0.2) is 4.98 Å². The van der Waals surface area contributed by atoms with Crippen LogP contribution >= 0.6 is 22.9 Å². The van der Waals surface area contributed by atoms with E-state index < -0.39 is 0 Å². The van der Waals surface area contributed by atoms with E-state index >= 15 is 0 Å². The molecule has 0 unspecified atom stereocenters. The number of rotatable bonds is 0. The minimum Gasteiger partial charge on any atom is -0.235 e. The third kappa shape index (κ3) is 1.30. The first-order chi connectivity index (χ1) is 8.84. The lowest BCUT2D eigenvalue weighted by molar-refractivity contribution is 1.45. The van der Waals surface area contributed by atoms with E-state index in [1.807, 2.05) is 24.3 Å². The van der Waals surface area contributed by atoms with Gasteiger partial charge in [0.1, 0.15) is 5.15 Å². The van der Waals surface area contributed by atoms with Gasteiger partial charge in [-0.3, -0.25) is 0 Å². The van der Waals surface area contributed by atoms with Crippen molar-refractivity contribution in [1.82, 2.24) is 4.98 Å². The second-order valence-electron chi connectivity index (χ2n) is 4.22. The minimum absolute atomic E-state index is 0.598. The Morgan fingerprint density at radius 3 is 2.50 bits per heavy atom. The third-order valence-corrected chi connectivity index (χ3v) is 4.65. The molecule has 3 heteroatoms. The molecular weight excluding hydrogens is 262 g/mol.